The second-order valence-corrected chi connectivity index (χ2v) is 8.53. The number of aryl methyl sites for hydroxylation is 1. The molecule has 7 heteroatoms. The molecule has 1 atom stereocenters. The highest BCUT2D eigenvalue weighted by Crippen LogP contribution is 2.28. The number of amides is 1. The third-order valence-corrected chi connectivity index (χ3v) is 6.28. The Morgan fingerprint density at radius 2 is 2.14 bits per heavy atom. The molecule has 116 valence electrons. The zero-order valence-electron chi connectivity index (χ0n) is 12.1. The molecule has 5 nitrogen and oxygen atoms in total. The van der Waals surface area contributed by atoms with Gasteiger partial charge in [0.25, 0.3) is 0 Å². The summed E-state index contributed by atoms with van der Waals surface area (Å²) in [6, 6.07) is 7.91. The molecule has 1 aliphatic rings. The number of hydrogen-bond donors (Lipinski definition) is 1. The van der Waals surface area contributed by atoms with Crippen molar-refractivity contribution in [2.45, 2.75) is 13.3 Å². The molecule has 0 bridgehead atoms. The van der Waals surface area contributed by atoms with Crippen molar-refractivity contribution >= 4 is 32.2 Å². The molecule has 0 saturated carbocycles. The highest BCUT2D eigenvalue weighted by Gasteiger charge is 2.33. The average molecular weight is 336 g/mol. The van der Waals surface area contributed by atoms with Crippen LogP contribution in [-0.4, -0.2) is 30.8 Å². The molecule has 2 aromatic rings. The summed E-state index contributed by atoms with van der Waals surface area (Å²) in [5.74, 6) is -0.686. The Morgan fingerprint density at radius 1 is 1.36 bits per heavy atom. The van der Waals surface area contributed by atoms with Crippen LogP contribution in [0.5, 0.6) is 0 Å². The molecule has 1 amide bonds. The first-order valence-corrected chi connectivity index (χ1v) is 9.67. The van der Waals surface area contributed by atoms with E-state index in [0.717, 1.165) is 16.8 Å². The first kappa shape index (κ1) is 15.2. The summed E-state index contributed by atoms with van der Waals surface area (Å²) < 4.78 is 22.9. The second kappa shape index (κ2) is 5.81. The van der Waals surface area contributed by atoms with Gasteiger partial charge in [-0.25, -0.2) is 13.4 Å². The number of sulfone groups is 1. The maximum absolute atomic E-state index is 12.1. The topological polar surface area (TPSA) is 76.1 Å². The minimum Gasteiger partial charge on any atom is -0.302 e. The van der Waals surface area contributed by atoms with Gasteiger partial charge in [0, 0.05) is 10.9 Å². The Bertz CT molecular complexity index is 812. The van der Waals surface area contributed by atoms with Crippen LogP contribution in [-0.2, 0) is 14.6 Å². The fourth-order valence-electron chi connectivity index (χ4n) is 2.52. The Morgan fingerprint density at radius 3 is 2.82 bits per heavy atom. The Kier molecular flexibility index (Phi) is 4.01. The van der Waals surface area contributed by atoms with Gasteiger partial charge in [-0.2, -0.15) is 0 Å². The molecule has 1 unspecified atom stereocenters. The van der Waals surface area contributed by atoms with Gasteiger partial charge in [-0.3, -0.25) is 4.79 Å². The van der Waals surface area contributed by atoms with Crippen molar-refractivity contribution < 1.29 is 13.2 Å². The number of carbonyl (C=O) groups excluding carboxylic acids is 1. The lowest BCUT2D eigenvalue weighted by Crippen LogP contribution is -2.23. The van der Waals surface area contributed by atoms with Crippen LogP contribution in [0.4, 0.5) is 5.13 Å². The molecule has 1 N–H and O–H groups in total. The number of anilines is 1. The van der Waals surface area contributed by atoms with Crippen molar-refractivity contribution in [1.82, 2.24) is 4.98 Å². The fourth-order valence-corrected chi connectivity index (χ4v) is 4.98. The van der Waals surface area contributed by atoms with Crippen LogP contribution in [0.3, 0.4) is 0 Å². The third-order valence-electron chi connectivity index (χ3n) is 3.76. The standard InChI is InChI=1S/C15H16N2O3S2/c1-10-4-2-3-5-12(10)13-8-21-15(16-13)17-14(18)11-6-7-22(19,20)9-11/h2-5,8,11H,6-7,9H2,1H3,(H,16,17,18). The van der Waals surface area contributed by atoms with Crippen LogP contribution < -0.4 is 5.32 Å². The first-order chi connectivity index (χ1) is 10.4. The molecule has 1 saturated heterocycles. The van der Waals surface area contributed by atoms with Crippen LogP contribution in [0, 0.1) is 12.8 Å². The van der Waals surface area contributed by atoms with Gasteiger partial charge in [-0.05, 0) is 18.9 Å². The second-order valence-electron chi connectivity index (χ2n) is 5.44. The van der Waals surface area contributed by atoms with Crippen LogP contribution in [0.15, 0.2) is 29.6 Å². The van der Waals surface area contributed by atoms with E-state index in [1.807, 2.05) is 36.6 Å². The smallest absolute Gasteiger partial charge is 0.230 e. The third kappa shape index (κ3) is 3.20. The zero-order chi connectivity index (χ0) is 15.7. The molecule has 22 heavy (non-hydrogen) atoms. The number of rotatable bonds is 3. The van der Waals surface area contributed by atoms with E-state index >= 15 is 0 Å². The van der Waals surface area contributed by atoms with Crippen molar-refractivity contribution in [1.29, 1.82) is 0 Å². The van der Waals surface area contributed by atoms with E-state index in [0.29, 0.717) is 11.6 Å². The summed E-state index contributed by atoms with van der Waals surface area (Å²) in [7, 11) is -3.05. The summed E-state index contributed by atoms with van der Waals surface area (Å²) in [4.78, 5) is 16.5. The molecular formula is C15H16N2O3S2. The predicted octanol–water partition coefficient (Wildman–Crippen LogP) is 2.49. The number of nitrogens with zero attached hydrogens (tertiary/aromatic N) is 1. The minimum atomic E-state index is -3.05. The number of thiazole rings is 1. The number of carbonyl (C=O) groups is 1. The van der Waals surface area contributed by atoms with E-state index in [9.17, 15) is 13.2 Å². The van der Waals surface area contributed by atoms with Gasteiger partial charge in [0.15, 0.2) is 15.0 Å². The largest absolute Gasteiger partial charge is 0.302 e. The Balaban J connectivity index is 1.73. The Labute approximate surface area is 133 Å². The molecule has 1 fully saturated rings. The number of benzene rings is 1. The van der Waals surface area contributed by atoms with Crippen molar-refractivity contribution in [2.75, 3.05) is 16.8 Å². The molecule has 2 heterocycles. The molecule has 1 aromatic carbocycles. The summed E-state index contributed by atoms with van der Waals surface area (Å²) in [6.45, 7) is 2.01. The molecule has 0 radical (unpaired) electrons. The van der Waals surface area contributed by atoms with Crippen LogP contribution in [0.25, 0.3) is 11.3 Å². The summed E-state index contributed by atoms with van der Waals surface area (Å²) >= 11 is 1.35. The van der Waals surface area contributed by atoms with Crippen molar-refractivity contribution in [3.63, 3.8) is 0 Å². The molecule has 0 spiro atoms. The fraction of sp³-hybridized carbons (Fsp3) is 0.333. The van der Waals surface area contributed by atoms with Gasteiger partial charge in [-0.1, -0.05) is 24.3 Å². The molecule has 3 rings (SSSR count). The van der Waals surface area contributed by atoms with E-state index in [1.165, 1.54) is 11.3 Å². The number of hydrogen-bond acceptors (Lipinski definition) is 5. The highest BCUT2D eigenvalue weighted by atomic mass is 32.2. The van der Waals surface area contributed by atoms with Crippen molar-refractivity contribution in [2.24, 2.45) is 5.92 Å². The van der Waals surface area contributed by atoms with Gasteiger partial charge in [0.05, 0.1) is 23.1 Å². The average Bonchev–Trinajstić information content (AvgIpc) is 3.06. The van der Waals surface area contributed by atoms with E-state index in [1.54, 1.807) is 0 Å². The lowest BCUT2D eigenvalue weighted by Gasteiger charge is -2.06. The van der Waals surface area contributed by atoms with Gasteiger partial charge < -0.3 is 5.32 Å². The van der Waals surface area contributed by atoms with Crippen LogP contribution in [0.1, 0.15) is 12.0 Å². The van der Waals surface area contributed by atoms with Crippen LogP contribution >= 0.6 is 11.3 Å². The number of nitrogens with one attached hydrogen (secondary N) is 1. The quantitative estimate of drug-likeness (QED) is 0.934. The first-order valence-electron chi connectivity index (χ1n) is 6.97. The van der Waals surface area contributed by atoms with E-state index in [4.69, 9.17) is 0 Å². The molecular weight excluding hydrogens is 320 g/mol. The summed E-state index contributed by atoms with van der Waals surface area (Å²) in [5, 5.41) is 5.13. The SMILES string of the molecule is Cc1ccccc1-c1csc(NC(=O)C2CCS(=O)(=O)C2)n1. The monoisotopic (exact) mass is 336 g/mol. The molecule has 1 aromatic heterocycles. The lowest BCUT2D eigenvalue weighted by molar-refractivity contribution is -0.119. The molecule has 1 aliphatic heterocycles. The lowest BCUT2D eigenvalue weighted by atomic mass is 10.1. The van der Waals surface area contributed by atoms with Gasteiger partial charge in [0.2, 0.25) is 5.91 Å². The van der Waals surface area contributed by atoms with Gasteiger partial charge in [-0.15, -0.1) is 11.3 Å². The summed E-state index contributed by atoms with van der Waals surface area (Å²) in [5.41, 5.74) is 2.97. The maximum Gasteiger partial charge on any atom is 0.230 e. The summed E-state index contributed by atoms with van der Waals surface area (Å²) in [6.07, 6.45) is 0.393. The highest BCUT2D eigenvalue weighted by molar-refractivity contribution is 7.91. The number of aromatic nitrogens is 1. The predicted molar refractivity (Wildman–Crippen MR) is 87.7 cm³/mol. The van der Waals surface area contributed by atoms with E-state index in [-0.39, 0.29) is 17.4 Å². The Hall–Kier alpha value is -1.73. The van der Waals surface area contributed by atoms with Crippen LogP contribution in [0.2, 0.25) is 0 Å². The van der Waals surface area contributed by atoms with E-state index < -0.39 is 15.8 Å². The van der Waals surface area contributed by atoms with Crippen molar-refractivity contribution in [3.8, 4) is 11.3 Å². The normalized spacial score (nSPS) is 20.0. The van der Waals surface area contributed by atoms with Gasteiger partial charge in [0.1, 0.15) is 0 Å². The maximum atomic E-state index is 12.1. The zero-order valence-corrected chi connectivity index (χ0v) is 13.7. The van der Waals surface area contributed by atoms with Gasteiger partial charge >= 0.3 is 0 Å². The van der Waals surface area contributed by atoms with Crippen molar-refractivity contribution in [3.05, 3.63) is 35.2 Å². The van der Waals surface area contributed by atoms with E-state index in [2.05, 4.69) is 10.3 Å². The minimum absolute atomic E-state index is 0.0607. The molecule has 0 aliphatic carbocycles.